The molecule has 1 fully saturated rings. The van der Waals surface area contributed by atoms with Crippen molar-refractivity contribution in [2.45, 2.75) is 25.1 Å². The van der Waals surface area contributed by atoms with Crippen molar-refractivity contribution in [3.8, 4) is 0 Å². The highest BCUT2D eigenvalue weighted by Crippen LogP contribution is 2.26. The van der Waals surface area contributed by atoms with E-state index in [9.17, 15) is 5.11 Å². The number of rotatable bonds is 5. The van der Waals surface area contributed by atoms with Gasteiger partial charge in [0, 0.05) is 36.2 Å². The van der Waals surface area contributed by atoms with Crippen LogP contribution in [0.5, 0.6) is 0 Å². The molecule has 1 aliphatic heterocycles. The molecule has 0 saturated carbocycles. The van der Waals surface area contributed by atoms with Gasteiger partial charge < -0.3 is 19.2 Å². The maximum Gasteiger partial charge on any atom is 0.132 e. The van der Waals surface area contributed by atoms with E-state index in [1.165, 1.54) is 10.9 Å². The zero-order chi connectivity index (χ0) is 16.4. The van der Waals surface area contributed by atoms with Crippen molar-refractivity contribution in [1.82, 2.24) is 9.88 Å². The number of aliphatic hydroxyl groups excluding tert-OH is 1. The van der Waals surface area contributed by atoms with Gasteiger partial charge in [-0.2, -0.15) is 0 Å². The number of furan rings is 1. The number of hydrogen-bond donors (Lipinski definition) is 2. The largest absolute Gasteiger partial charge is 0.467 e. The zero-order valence-corrected chi connectivity index (χ0v) is 13.5. The minimum Gasteiger partial charge on any atom is -0.467 e. The lowest BCUT2D eigenvalue weighted by Crippen LogP contribution is -2.45. The summed E-state index contributed by atoms with van der Waals surface area (Å²) in [6.45, 7) is 3.10. The van der Waals surface area contributed by atoms with Crippen LogP contribution in [-0.2, 0) is 11.3 Å². The second-order valence-electron chi connectivity index (χ2n) is 6.32. The van der Waals surface area contributed by atoms with Crippen molar-refractivity contribution in [3.63, 3.8) is 0 Å². The molecule has 2 N–H and O–H groups in total. The molecule has 0 aliphatic carbocycles. The molecule has 1 saturated heterocycles. The first-order valence-corrected chi connectivity index (χ1v) is 8.39. The third kappa shape index (κ3) is 3.11. The number of nitrogens with zero attached hydrogens (tertiary/aromatic N) is 1. The summed E-state index contributed by atoms with van der Waals surface area (Å²) < 4.78 is 11.0. The van der Waals surface area contributed by atoms with Gasteiger partial charge in [-0.15, -0.1) is 0 Å². The van der Waals surface area contributed by atoms with E-state index in [1.54, 1.807) is 12.3 Å². The van der Waals surface area contributed by atoms with Gasteiger partial charge in [-0.25, -0.2) is 0 Å². The molecule has 126 valence electrons. The minimum absolute atomic E-state index is 0.174. The second kappa shape index (κ2) is 6.81. The lowest BCUT2D eigenvalue weighted by Gasteiger charge is -2.36. The molecule has 4 rings (SSSR count). The normalized spacial score (nSPS) is 20.5. The fraction of sp³-hybridized carbons (Fsp3) is 0.368. The Labute approximate surface area is 140 Å². The minimum atomic E-state index is -0.600. The molecule has 0 amide bonds. The molecule has 0 spiro atoms. The number of benzene rings is 1. The lowest BCUT2D eigenvalue weighted by molar-refractivity contribution is -0.0321. The molecule has 1 aliphatic rings. The maximum atomic E-state index is 10.4. The molecule has 0 radical (unpaired) electrons. The highest BCUT2D eigenvalue weighted by molar-refractivity contribution is 5.82. The van der Waals surface area contributed by atoms with Crippen LogP contribution in [0.15, 0.2) is 53.3 Å². The molecule has 3 aromatic rings. The van der Waals surface area contributed by atoms with Crippen molar-refractivity contribution in [1.29, 1.82) is 0 Å². The van der Waals surface area contributed by atoms with Crippen LogP contribution >= 0.6 is 0 Å². The molecule has 3 heterocycles. The molecule has 1 aromatic carbocycles. The summed E-state index contributed by atoms with van der Waals surface area (Å²) in [5.41, 5.74) is 2.46. The molecule has 5 nitrogen and oxygen atoms in total. The number of aromatic amines is 1. The Balaban J connectivity index is 1.50. The average Bonchev–Trinajstić information content (AvgIpc) is 3.28. The Bertz CT molecular complexity index is 781. The molecule has 24 heavy (non-hydrogen) atoms. The fourth-order valence-corrected chi connectivity index (χ4v) is 3.48. The number of ether oxygens (including phenoxy) is 1. The first-order chi connectivity index (χ1) is 11.8. The predicted octanol–water partition coefficient (Wildman–Crippen LogP) is 3.09. The topological polar surface area (TPSA) is 61.6 Å². The van der Waals surface area contributed by atoms with Crippen LogP contribution in [0.2, 0.25) is 0 Å². The van der Waals surface area contributed by atoms with E-state index in [2.05, 4.69) is 34.1 Å². The number of nitrogens with one attached hydrogen (secondary N) is 1. The number of aromatic nitrogens is 1. The maximum absolute atomic E-state index is 10.4. The van der Waals surface area contributed by atoms with Gasteiger partial charge in [-0.3, -0.25) is 4.90 Å². The zero-order valence-electron chi connectivity index (χ0n) is 13.5. The summed E-state index contributed by atoms with van der Waals surface area (Å²) in [4.78, 5) is 5.66. The van der Waals surface area contributed by atoms with E-state index in [0.29, 0.717) is 18.8 Å². The van der Waals surface area contributed by atoms with Crippen LogP contribution in [0.25, 0.3) is 10.9 Å². The number of morpholine rings is 1. The van der Waals surface area contributed by atoms with E-state index in [1.807, 2.05) is 12.3 Å². The van der Waals surface area contributed by atoms with Gasteiger partial charge in [0.2, 0.25) is 0 Å². The third-order valence-corrected chi connectivity index (χ3v) is 4.78. The first-order valence-electron chi connectivity index (χ1n) is 8.39. The fourth-order valence-electron chi connectivity index (χ4n) is 3.48. The van der Waals surface area contributed by atoms with Gasteiger partial charge in [-0.1, -0.05) is 12.1 Å². The first kappa shape index (κ1) is 15.4. The van der Waals surface area contributed by atoms with E-state index in [0.717, 1.165) is 25.2 Å². The van der Waals surface area contributed by atoms with Gasteiger partial charge >= 0.3 is 0 Å². The van der Waals surface area contributed by atoms with Gasteiger partial charge in [-0.05, 0) is 36.2 Å². The van der Waals surface area contributed by atoms with E-state index in [4.69, 9.17) is 9.15 Å². The molecule has 2 aromatic heterocycles. The van der Waals surface area contributed by atoms with E-state index >= 15 is 0 Å². The smallest absolute Gasteiger partial charge is 0.132 e. The molecular weight excluding hydrogens is 304 g/mol. The highest BCUT2D eigenvalue weighted by atomic mass is 16.5. The van der Waals surface area contributed by atoms with Crippen molar-refractivity contribution in [2.24, 2.45) is 0 Å². The van der Waals surface area contributed by atoms with Crippen molar-refractivity contribution < 1.29 is 14.3 Å². The highest BCUT2D eigenvalue weighted by Gasteiger charge is 2.27. The number of aliphatic hydroxyl groups is 1. The van der Waals surface area contributed by atoms with Crippen molar-refractivity contribution >= 4 is 10.9 Å². The van der Waals surface area contributed by atoms with Crippen LogP contribution in [0.4, 0.5) is 0 Å². The van der Waals surface area contributed by atoms with Crippen LogP contribution in [-0.4, -0.2) is 40.8 Å². The molecule has 2 unspecified atom stereocenters. The number of fused-ring (bicyclic) bond motifs is 1. The third-order valence-electron chi connectivity index (χ3n) is 4.78. The van der Waals surface area contributed by atoms with Gasteiger partial charge in [0.15, 0.2) is 0 Å². The molecule has 2 atom stereocenters. The molecular formula is C19H22N2O3. The van der Waals surface area contributed by atoms with Crippen molar-refractivity contribution in [2.75, 3.05) is 19.8 Å². The predicted molar refractivity (Wildman–Crippen MR) is 91.6 cm³/mol. The SMILES string of the molecule is OC(CC1COCCN1Cc1cccc2[nH]ccc12)c1ccco1. The second-order valence-corrected chi connectivity index (χ2v) is 6.32. The summed E-state index contributed by atoms with van der Waals surface area (Å²) in [5.74, 6) is 0.619. The summed E-state index contributed by atoms with van der Waals surface area (Å²) in [7, 11) is 0. The number of hydrogen-bond acceptors (Lipinski definition) is 4. The van der Waals surface area contributed by atoms with Crippen LogP contribution in [0, 0.1) is 0 Å². The Morgan fingerprint density at radius 3 is 3.08 bits per heavy atom. The standard InChI is InChI=1S/C19H22N2O3/c22-18(19-5-2-9-24-19)11-15-13-23-10-8-21(15)12-14-3-1-4-17-16(14)6-7-20-17/h1-7,9,15,18,20,22H,8,10-13H2. The summed E-state index contributed by atoms with van der Waals surface area (Å²) in [5, 5.41) is 11.7. The molecule has 5 heteroatoms. The quantitative estimate of drug-likeness (QED) is 0.756. The van der Waals surface area contributed by atoms with Gasteiger partial charge in [0.1, 0.15) is 11.9 Å². The van der Waals surface area contributed by atoms with Crippen LogP contribution in [0.1, 0.15) is 23.8 Å². The molecule has 0 bridgehead atoms. The monoisotopic (exact) mass is 326 g/mol. The van der Waals surface area contributed by atoms with Crippen molar-refractivity contribution in [3.05, 3.63) is 60.2 Å². The van der Waals surface area contributed by atoms with Crippen LogP contribution < -0.4 is 0 Å². The van der Waals surface area contributed by atoms with E-state index in [-0.39, 0.29) is 6.04 Å². The Kier molecular flexibility index (Phi) is 4.38. The Morgan fingerprint density at radius 1 is 1.25 bits per heavy atom. The van der Waals surface area contributed by atoms with E-state index < -0.39 is 6.10 Å². The lowest BCUT2D eigenvalue weighted by atomic mass is 10.0. The number of H-pyrrole nitrogens is 1. The van der Waals surface area contributed by atoms with Gasteiger partial charge in [0.25, 0.3) is 0 Å². The van der Waals surface area contributed by atoms with Crippen LogP contribution in [0.3, 0.4) is 0 Å². The Morgan fingerprint density at radius 2 is 2.21 bits per heavy atom. The summed E-state index contributed by atoms with van der Waals surface area (Å²) in [6, 6.07) is 12.3. The Hall–Kier alpha value is -2.08. The summed E-state index contributed by atoms with van der Waals surface area (Å²) >= 11 is 0. The summed E-state index contributed by atoms with van der Waals surface area (Å²) in [6.07, 6.45) is 3.58. The van der Waals surface area contributed by atoms with Gasteiger partial charge in [0.05, 0.1) is 19.5 Å². The average molecular weight is 326 g/mol.